The standard InChI is InChI=1S/C46H28N2OS/c1-2-11-30(12-3-1)48-40-16-8-6-14-35(40)36-22-19-31(26-41(36)48)47(33-20-23-38-37-15-7-9-17-44(37)50-45(38)28-33)32-21-24-39-43(27-32)49-42-25-18-29-10-4-5-13-34(29)46(39)42/h1-28H. The Balaban J connectivity index is 1.18. The van der Waals surface area contributed by atoms with E-state index in [1.54, 1.807) is 0 Å². The summed E-state index contributed by atoms with van der Waals surface area (Å²) >= 11 is 1.85. The van der Waals surface area contributed by atoms with E-state index in [0.29, 0.717) is 0 Å². The molecule has 0 radical (unpaired) electrons. The summed E-state index contributed by atoms with van der Waals surface area (Å²) in [7, 11) is 0. The molecule has 0 spiro atoms. The van der Waals surface area contributed by atoms with E-state index in [2.05, 4.69) is 179 Å². The third kappa shape index (κ3) is 4.03. The maximum Gasteiger partial charge on any atom is 0.137 e. The van der Waals surface area contributed by atoms with Gasteiger partial charge in [-0.15, -0.1) is 11.3 Å². The van der Waals surface area contributed by atoms with Crippen LogP contribution in [0.4, 0.5) is 17.1 Å². The second kappa shape index (κ2) is 10.6. The van der Waals surface area contributed by atoms with Gasteiger partial charge in [0.05, 0.1) is 11.0 Å². The van der Waals surface area contributed by atoms with Crippen molar-refractivity contribution in [3.8, 4) is 5.69 Å². The third-order valence-corrected chi connectivity index (χ3v) is 11.3. The minimum Gasteiger partial charge on any atom is -0.456 e. The van der Waals surface area contributed by atoms with Crippen molar-refractivity contribution in [1.29, 1.82) is 0 Å². The van der Waals surface area contributed by atoms with Crippen molar-refractivity contribution >= 4 is 103 Å². The number of furan rings is 1. The zero-order valence-electron chi connectivity index (χ0n) is 26.9. The lowest BCUT2D eigenvalue weighted by atomic mass is 10.0. The fourth-order valence-corrected chi connectivity index (χ4v) is 9.07. The molecular formula is C46H28N2OS. The van der Waals surface area contributed by atoms with Crippen LogP contribution in [0, 0.1) is 0 Å². The highest BCUT2D eigenvalue weighted by molar-refractivity contribution is 7.25. The SMILES string of the molecule is c1ccc(-n2c3ccccc3c3ccc(N(c4ccc5c(c4)oc4ccc6ccccc6c45)c4ccc5c(c4)sc4ccccc45)cc32)cc1. The predicted molar refractivity (Wildman–Crippen MR) is 213 cm³/mol. The van der Waals surface area contributed by atoms with Gasteiger partial charge in [0.1, 0.15) is 11.2 Å². The fraction of sp³-hybridized carbons (Fsp3) is 0. The molecule has 0 aliphatic heterocycles. The Kier molecular flexibility index (Phi) is 5.83. The largest absolute Gasteiger partial charge is 0.456 e. The lowest BCUT2D eigenvalue weighted by molar-refractivity contribution is 0.669. The quantitative estimate of drug-likeness (QED) is 0.188. The molecule has 0 fully saturated rings. The number of hydrogen-bond donors (Lipinski definition) is 0. The molecule has 0 aliphatic rings. The molecular weight excluding hydrogens is 629 g/mol. The first kappa shape index (κ1) is 27.6. The van der Waals surface area contributed by atoms with E-state index in [0.717, 1.165) is 44.7 Å². The van der Waals surface area contributed by atoms with Crippen molar-refractivity contribution < 1.29 is 4.42 Å². The number of hydrogen-bond acceptors (Lipinski definition) is 3. The number of aromatic nitrogens is 1. The Morgan fingerprint density at radius 1 is 0.420 bits per heavy atom. The monoisotopic (exact) mass is 656 g/mol. The third-order valence-electron chi connectivity index (χ3n) is 10.2. The van der Waals surface area contributed by atoms with Crippen LogP contribution in [0.15, 0.2) is 174 Å². The van der Waals surface area contributed by atoms with Gasteiger partial charge in [0, 0.05) is 70.5 Å². The second-order valence-corrected chi connectivity index (χ2v) is 14.0. The van der Waals surface area contributed by atoms with Crippen molar-refractivity contribution in [3.63, 3.8) is 0 Å². The van der Waals surface area contributed by atoms with E-state index < -0.39 is 0 Å². The van der Waals surface area contributed by atoms with Crippen LogP contribution in [-0.2, 0) is 0 Å². The Hall–Kier alpha value is -6.36. The molecule has 0 N–H and O–H groups in total. The molecule has 0 saturated carbocycles. The van der Waals surface area contributed by atoms with Gasteiger partial charge in [-0.2, -0.15) is 0 Å². The average molecular weight is 657 g/mol. The number of nitrogens with zero attached hydrogens (tertiary/aromatic N) is 2. The van der Waals surface area contributed by atoms with Gasteiger partial charge in [-0.1, -0.05) is 97.1 Å². The van der Waals surface area contributed by atoms with Crippen LogP contribution in [-0.4, -0.2) is 4.57 Å². The summed E-state index contributed by atoms with van der Waals surface area (Å²) in [4.78, 5) is 2.38. The lowest BCUT2D eigenvalue weighted by Gasteiger charge is -2.26. The summed E-state index contributed by atoms with van der Waals surface area (Å²) in [6, 6.07) is 61.3. The molecule has 3 heterocycles. The first-order chi connectivity index (χ1) is 24.8. The molecule has 0 bridgehead atoms. The molecule has 50 heavy (non-hydrogen) atoms. The van der Waals surface area contributed by atoms with Crippen molar-refractivity contribution in [2.24, 2.45) is 0 Å². The van der Waals surface area contributed by atoms with Crippen LogP contribution < -0.4 is 4.90 Å². The number of thiophene rings is 1. The summed E-state index contributed by atoms with van der Waals surface area (Å²) in [6.07, 6.45) is 0. The van der Waals surface area contributed by atoms with E-state index in [4.69, 9.17) is 4.42 Å². The first-order valence-corrected chi connectivity index (χ1v) is 17.7. The van der Waals surface area contributed by atoms with E-state index >= 15 is 0 Å². The van der Waals surface area contributed by atoms with Gasteiger partial charge in [0.25, 0.3) is 0 Å². The zero-order chi connectivity index (χ0) is 32.8. The van der Waals surface area contributed by atoms with Crippen molar-refractivity contribution in [3.05, 3.63) is 170 Å². The highest BCUT2D eigenvalue weighted by Gasteiger charge is 2.20. The molecule has 234 valence electrons. The molecule has 0 amide bonds. The van der Waals surface area contributed by atoms with Crippen LogP contribution in [0.1, 0.15) is 0 Å². The van der Waals surface area contributed by atoms with E-state index in [1.165, 1.54) is 52.8 Å². The van der Waals surface area contributed by atoms with Crippen molar-refractivity contribution in [1.82, 2.24) is 4.57 Å². The molecule has 0 aliphatic carbocycles. The summed E-state index contributed by atoms with van der Waals surface area (Å²) in [5, 5.41) is 9.77. The maximum absolute atomic E-state index is 6.59. The molecule has 0 saturated heterocycles. The van der Waals surface area contributed by atoms with Crippen LogP contribution >= 0.6 is 11.3 Å². The normalized spacial score (nSPS) is 12.0. The molecule has 11 rings (SSSR count). The molecule has 8 aromatic carbocycles. The topological polar surface area (TPSA) is 21.3 Å². The Morgan fingerprint density at radius 2 is 1.06 bits per heavy atom. The highest BCUT2D eigenvalue weighted by atomic mass is 32.1. The number of anilines is 3. The van der Waals surface area contributed by atoms with Gasteiger partial charge in [-0.05, 0) is 77.5 Å². The van der Waals surface area contributed by atoms with Gasteiger partial charge in [-0.25, -0.2) is 0 Å². The first-order valence-electron chi connectivity index (χ1n) is 16.9. The minimum atomic E-state index is 0.876. The van der Waals surface area contributed by atoms with E-state index in [1.807, 2.05) is 11.3 Å². The van der Waals surface area contributed by atoms with Crippen LogP contribution in [0.5, 0.6) is 0 Å². The number of para-hydroxylation sites is 2. The Bertz CT molecular complexity index is 3110. The van der Waals surface area contributed by atoms with Crippen molar-refractivity contribution in [2.45, 2.75) is 0 Å². The molecule has 3 aromatic heterocycles. The van der Waals surface area contributed by atoms with Gasteiger partial charge >= 0.3 is 0 Å². The van der Waals surface area contributed by atoms with E-state index in [-0.39, 0.29) is 0 Å². The minimum absolute atomic E-state index is 0.876. The number of benzene rings is 8. The maximum atomic E-state index is 6.59. The highest BCUT2D eigenvalue weighted by Crippen LogP contribution is 2.44. The average Bonchev–Trinajstić information content (AvgIpc) is 3.84. The number of fused-ring (bicyclic) bond motifs is 11. The molecule has 11 aromatic rings. The molecule has 3 nitrogen and oxygen atoms in total. The molecule has 0 unspecified atom stereocenters. The predicted octanol–water partition coefficient (Wildman–Crippen LogP) is 13.7. The summed E-state index contributed by atoms with van der Waals surface area (Å²) in [5.74, 6) is 0. The number of rotatable bonds is 4. The smallest absolute Gasteiger partial charge is 0.137 e. The Morgan fingerprint density at radius 3 is 1.94 bits per heavy atom. The van der Waals surface area contributed by atoms with Gasteiger partial charge < -0.3 is 13.9 Å². The fourth-order valence-electron chi connectivity index (χ4n) is 7.93. The Labute approximate surface area is 291 Å². The van der Waals surface area contributed by atoms with Crippen LogP contribution in [0.3, 0.4) is 0 Å². The lowest BCUT2D eigenvalue weighted by Crippen LogP contribution is -2.10. The van der Waals surface area contributed by atoms with Crippen LogP contribution in [0.25, 0.3) is 80.4 Å². The summed E-state index contributed by atoms with van der Waals surface area (Å²) < 4.78 is 11.5. The second-order valence-electron chi connectivity index (χ2n) is 12.9. The van der Waals surface area contributed by atoms with E-state index in [9.17, 15) is 0 Å². The van der Waals surface area contributed by atoms with Gasteiger partial charge in [-0.3, -0.25) is 0 Å². The van der Waals surface area contributed by atoms with Crippen LogP contribution in [0.2, 0.25) is 0 Å². The summed E-state index contributed by atoms with van der Waals surface area (Å²) in [5.41, 5.74) is 8.52. The molecule has 4 heteroatoms. The molecule has 0 atom stereocenters. The van der Waals surface area contributed by atoms with Crippen molar-refractivity contribution in [2.75, 3.05) is 4.90 Å². The van der Waals surface area contributed by atoms with Gasteiger partial charge in [0.15, 0.2) is 0 Å². The van der Waals surface area contributed by atoms with Gasteiger partial charge in [0.2, 0.25) is 0 Å². The summed E-state index contributed by atoms with van der Waals surface area (Å²) in [6.45, 7) is 0. The zero-order valence-corrected chi connectivity index (χ0v) is 27.7.